The van der Waals surface area contributed by atoms with Gasteiger partial charge < -0.3 is 10.2 Å². The van der Waals surface area contributed by atoms with Crippen LogP contribution in [0.5, 0.6) is 0 Å². The van der Waals surface area contributed by atoms with Gasteiger partial charge in [0.05, 0.1) is 12.6 Å². The molecule has 0 radical (unpaired) electrons. The standard InChI is InChI=1S/C19H26FN3O2/c20-16-6-4-15(5-7-16)8-11-23-13-17(12-19(23)25)21-18(24)14-22-9-2-1-3-10-22/h4-7,17H,1-3,8-14H2,(H,21,24)/t17-/m0/s1. The van der Waals surface area contributed by atoms with Crippen molar-refractivity contribution in [3.05, 3.63) is 35.6 Å². The maximum atomic E-state index is 12.9. The highest BCUT2D eigenvalue weighted by atomic mass is 19.1. The van der Waals surface area contributed by atoms with Gasteiger partial charge in [-0.2, -0.15) is 0 Å². The van der Waals surface area contributed by atoms with Crippen molar-refractivity contribution in [1.29, 1.82) is 0 Å². The second-order valence-electron chi connectivity index (χ2n) is 7.02. The molecule has 1 aromatic rings. The van der Waals surface area contributed by atoms with Crippen molar-refractivity contribution in [3.8, 4) is 0 Å². The fourth-order valence-corrected chi connectivity index (χ4v) is 3.59. The van der Waals surface area contributed by atoms with Gasteiger partial charge in [0, 0.05) is 19.5 Å². The average molecular weight is 347 g/mol. The SMILES string of the molecule is O=C(CN1CCCCC1)N[C@H]1CC(=O)N(CCc2ccc(F)cc2)C1. The van der Waals surface area contributed by atoms with Crippen LogP contribution < -0.4 is 5.32 Å². The maximum Gasteiger partial charge on any atom is 0.234 e. The van der Waals surface area contributed by atoms with E-state index in [9.17, 15) is 14.0 Å². The molecule has 2 amide bonds. The topological polar surface area (TPSA) is 52.7 Å². The third kappa shape index (κ3) is 5.26. The van der Waals surface area contributed by atoms with Crippen molar-refractivity contribution in [3.63, 3.8) is 0 Å². The van der Waals surface area contributed by atoms with Gasteiger partial charge in [-0.1, -0.05) is 18.6 Å². The fraction of sp³-hybridized carbons (Fsp3) is 0.579. The molecule has 0 bridgehead atoms. The number of likely N-dealkylation sites (tertiary alicyclic amines) is 2. The summed E-state index contributed by atoms with van der Waals surface area (Å²) in [6.07, 6.45) is 4.63. The molecule has 2 aliphatic heterocycles. The quantitative estimate of drug-likeness (QED) is 0.850. The van der Waals surface area contributed by atoms with Crippen molar-refractivity contribution in [2.45, 2.75) is 38.1 Å². The highest BCUT2D eigenvalue weighted by Crippen LogP contribution is 2.13. The van der Waals surface area contributed by atoms with E-state index >= 15 is 0 Å². The molecule has 2 saturated heterocycles. The summed E-state index contributed by atoms with van der Waals surface area (Å²) in [7, 11) is 0. The number of halogens is 1. The molecule has 0 aromatic heterocycles. The van der Waals surface area contributed by atoms with Crippen LogP contribution in [0.2, 0.25) is 0 Å². The van der Waals surface area contributed by atoms with Gasteiger partial charge in [-0.3, -0.25) is 14.5 Å². The molecule has 1 aromatic carbocycles. The predicted octanol–water partition coefficient (Wildman–Crippen LogP) is 1.57. The number of hydrogen-bond acceptors (Lipinski definition) is 3. The van der Waals surface area contributed by atoms with E-state index < -0.39 is 0 Å². The van der Waals surface area contributed by atoms with Gasteiger partial charge in [-0.05, 0) is 50.0 Å². The number of nitrogens with zero attached hydrogens (tertiary/aromatic N) is 2. The van der Waals surface area contributed by atoms with Gasteiger partial charge in [-0.15, -0.1) is 0 Å². The number of nitrogens with one attached hydrogen (secondary N) is 1. The van der Waals surface area contributed by atoms with E-state index in [2.05, 4.69) is 10.2 Å². The lowest BCUT2D eigenvalue weighted by atomic mass is 10.1. The first-order valence-corrected chi connectivity index (χ1v) is 9.14. The van der Waals surface area contributed by atoms with Crippen molar-refractivity contribution in [1.82, 2.24) is 15.1 Å². The Kier molecular flexibility index (Phi) is 6.02. The van der Waals surface area contributed by atoms with E-state index in [1.807, 2.05) is 0 Å². The third-order valence-electron chi connectivity index (χ3n) is 4.98. The van der Waals surface area contributed by atoms with Crippen molar-refractivity contribution >= 4 is 11.8 Å². The minimum atomic E-state index is -0.252. The molecule has 2 heterocycles. The summed E-state index contributed by atoms with van der Waals surface area (Å²) in [6, 6.07) is 6.26. The monoisotopic (exact) mass is 347 g/mol. The van der Waals surface area contributed by atoms with Gasteiger partial charge in [-0.25, -0.2) is 4.39 Å². The van der Waals surface area contributed by atoms with E-state index in [0.29, 0.717) is 32.5 Å². The van der Waals surface area contributed by atoms with Crippen LogP contribution in [-0.2, 0) is 16.0 Å². The summed E-state index contributed by atoms with van der Waals surface area (Å²) >= 11 is 0. The van der Waals surface area contributed by atoms with E-state index in [1.54, 1.807) is 17.0 Å². The number of benzene rings is 1. The Hall–Kier alpha value is -1.95. The number of amides is 2. The van der Waals surface area contributed by atoms with Crippen LogP contribution in [0.25, 0.3) is 0 Å². The number of piperidine rings is 1. The summed E-state index contributed by atoms with van der Waals surface area (Å²) < 4.78 is 12.9. The molecular formula is C19H26FN3O2. The molecule has 5 nitrogen and oxygen atoms in total. The fourth-order valence-electron chi connectivity index (χ4n) is 3.59. The van der Waals surface area contributed by atoms with Crippen LogP contribution in [0, 0.1) is 5.82 Å². The molecular weight excluding hydrogens is 321 g/mol. The van der Waals surface area contributed by atoms with Crippen LogP contribution in [0.3, 0.4) is 0 Å². The molecule has 3 rings (SSSR count). The minimum Gasteiger partial charge on any atom is -0.350 e. The summed E-state index contributed by atoms with van der Waals surface area (Å²) in [5.41, 5.74) is 1.01. The van der Waals surface area contributed by atoms with Crippen molar-refractivity contribution in [2.75, 3.05) is 32.7 Å². The van der Waals surface area contributed by atoms with E-state index in [0.717, 1.165) is 31.5 Å². The molecule has 136 valence electrons. The second kappa shape index (κ2) is 8.43. The largest absolute Gasteiger partial charge is 0.350 e. The summed E-state index contributed by atoms with van der Waals surface area (Å²) in [4.78, 5) is 28.3. The molecule has 0 aliphatic carbocycles. The zero-order valence-electron chi connectivity index (χ0n) is 14.5. The number of rotatable bonds is 6. The Balaban J connectivity index is 1.42. The average Bonchev–Trinajstić information content (AvgIpc) is 2.94. The van der Waals surface area contributed by atoms with E-state index in [1.165, 1.54) is 18.6 Å². The zero-order chi connectivity index (χ0) is 17.6. The zero-order valence-corrected chi connectivity index (χ0v) is 14.5. The molecule has 0 unspecified atom stereocenters. The Morgan fingerprint density at radius 3 is 2.60 bits per heavy atom. The van der Waals surface area contributed by atoms with Gasteiger partial charge >= 0.3 is 0 Å². The van der Waals surface area contributed by atoms with Crippen LogP contribution in [-0.4, -0.2) is 60.4 Å². The smallest absolute Gasteiger partial charge is 0.234 e. The van der Waals surface area contributed by atoms with Gasteiger partial charge in [0.25, 0.3) is 0 Å². The molecule has 0 saturated carbocycles. The number of hydrogen-bond donors (Lipinski definition) is 1. The van der Waals surface area contributed by atoms with Crippen molar-refractivity contribution in [2.24, 2.45) is 0 Å². The summed E-state index contributed by atoms with van der Waals surface area (Å²) in [5, 5.41) is 3.00. The lowest BCUT2D eigenvalue weighted by Gasteiger charge is -2.26. The van der Waals surface area contributed by atoms with Crippen LogP contribution in [0.4, 0.5) is 4.39 Å². The number of carbonyl (C=O) groups excluding carboxylic acids is 2. The van der Waals surface area contributed by atoms with E-state index in [4.69, 9.17) is 0 Å². The highest BCUT2D eigenvalue weighted by molar-refractivity contribution is 5.83. The van der Waals surface area contributed by atoms with Gasteiger partial charge in [0.15, 0.2) is 0 Å². The lowest BCUT2D eigenvalue weighted by Crippen LogP contribution is -2.44. The lowest BCUT2D eigenvalue weighted by molar-refractivity contribution is -0.127. The Morgan fingerprint density at radius 1 is 1.16 bits per heavy atom. The Labute approximate surface area is 148 Å². The van der Waals surface area contributed by atoms with Crippen LogP contribution in [0.1, 0.15) is 31.2 Å². The van der Waals surface area contributed by atoms with Crippen LogP contribution >= 0.6 is 0 Å². The Morgan fingerprint density at radius 2 is 1.88 bits per heavy atom. The third-order valence-corrected chi connectivity index (χ3v) is 4.98. The Bertz CT molecular complexity index is 599. The van der Waals surface area contributed by atoms with E-state index in [-0.39, 0.29) is 23.7 Å². The van der Waals surface area contributed by atoms with Gasteiger partial charge in [0.1, 0.15) is 5.82 Å². The normalized spacial score (nSPS) is 21.6. The molecule has 2 aliphatic rings. The maximum absolute atomic E-state index is 12.9. The van der Waals surface area contributed by atoms with Crippen molar-refractivity contribution < 1.29 is 14.0 Å². The molecule has 25 heavy (non-hydrogen) atoms. The molecule has 2 fully saturated rings. The first-order chi connectivity index (χ1) is 12.1. The predicted molar refractivity (Wildman–Crippen MR) is 93.5 cm³/mol. The second-order valence-corrected chi connectivity index (χ2v) is 7.02. The molecule has 6 heteroatoms. The molecule has 1 atom stereocenters. The van der Waals surface area contributed by atoms with Crippen LogP contribution in [0.15, 0.2) is 24.3 Å². The first kappa shape index (κ1) is 17.9. The highest BCUT2D eigenvalue weighted by Gasteiger charge is 2.30. The summed E-state index contributed by atoms with van der Waals surface area (Å²) in [5.74, 6) is -0.164. The minimum absolute atomic E-state index is 0.0140. The first-order valence-electron chi connectivity index (χ1n) is 9.14. The molecule has 0 spiro atoms. The summed E-state index contributed by atoms with van der Waals surface area (Å²) in [6.45, 7) is 3.57. The number of carbonyl (C=O) groups is 2. The van der Waals surface area contributed by atoms with Gasteiger partial charge in [0.2, 0.25) is 11.8 Å². The molecule has 1 N–H and O–H groups in total.